The first kappa shape index (κ1) is 21.0. The molecule has 0 spiro atoms. The van der Waals surface area contributed by atoms with Gasteiger partial charge in [-0.05, 0) is 36.2 Å². The Labute approximate surface area is 183 Å². The fourth-order valence-corrected chi connectivity index (χ4v) is 4.45. The topological polar surface area (TPSA) is 49.9 Å². The summed E-state index contributed by atoms with van der Waals surface area (Å²) in [7, 11) is 4.74. The number of fused-ring (bicyclic) bond motifs is 1. The van der Waals surface area contributed by atoms with Gasteiger partial charge < -0.3 is 19.7 Å². The largest absolute Gasteiger partial charge is 0.497 e. The highest BCUT2D eigenvalue weighted by atomic mass is 32.2. The van der Waals surface area contributed by atoms with Crippen molar-refractivity contribution in [3.63, 3.8) is 0 Å². The van der Waals surface area contributed by atoms with E-state index in [9.17, 15) is 8.78 Å². The highest BCUT2D eigenvalue weighted by Crippen LogP contribution is 2.41. The SMILES string of the molecule is CNc1nc(N2CN(Cc3c(F)cc(OC)cc3F)c3ccccc3S2)ccc1OC. The van der Waals surface area contributed by atoms with Gasteiger partial charge in [-0.15, -0.1) is 0 Å². The van der Waals surface area contributed by atoms with Gasteiger partial charge in [0.05, 0.1) is 31.3 Å². The van der Waals surface area contributed by atoms with Crippen LogP contribution in [0.3, 0.4) is 0 Å². The minimum Gasteiger partial charge on any atom is -0.497 e. The molecule has 1 aliphatic rings. The van der Waals surface area contributed by atoms with Crippen molar-refractivity contribution in [2.45, 2.75) is 11.4 Å². The number of hydrogen-bond acceptors (Lipinski definition) is 7. The Kier molecular flexibility index (Phi) is 6.03. The Morgan fingerprint density at radius 1 is 1.06 bits per heavy atom. The normalized spacial score (nSPS) is 13.1. The number of benzene rings is 2. The third-order valence-corrected chi connectivity index (χ3v) is 6.03. The van der Waals surface area contributed by atoms with Gasteiger partial charge in [0, 0.05) is 24.7 Å². The zero-order valence-corrected chi connectivity index (χ0v) is 18.2. The molecular weight excluding hydrogens is 422 g/mol. The van der Waals surface area contributed by atoms with Crippen LogP contribution in [-0.4, -0.2) is 32.9 Å². The van der Waals surface area contributed by atoms with Crippen molar-refractivity contribution in [1.29, 1.82) is 0 Å². The monoisotopic (exact) mass is 444 g/mol. The van der Waals surface area contributed by atoms with Crippen LogP contribution in [0.1, 0.15) is 5.56 Å². The van der Waals surface area contributed by atoms with E-state index in [0.717, 1.165) is 10.6 Å². The molecule has 0 fully saturated rings. The van der Waals surface area contributed by atoms with E-state index in [0.29, 0.717) is 24.1 Å². The second kappa shape index (κ2) is 8.89. The lowest BCUT2D eigenvalue weighted by Gasteiger charge is -2.38. The fourth-order valence-electron chi connectivity index (χ4n) is 3.39. The lowest BCUT2D eigenvalue weighted by Crippen LogP contribution is -2.38. The summed E-state index contributed by atoms with van der Waals surface area (Å²) in [6, 6.07) is 13.9. The maximum Gasteiger partial charge on any atom is 0.170 e. The Hall–Kier alpha value is -3.20. The molecule has 1 N–H and O–H groups in total. The highest BCUT2D eigenvalue weighted by Gasteiger charge is 2.27. The number of pyridine rings is 1. The number of nitrogens with one attached hydrogen (secondary N) is 1. The van der Waals surface area contributed by atoms with Gasteiger partial charge in [0.1, 0.15) is 29.9 Å². The van der Waals surface area contributed by atoms with Crippen molar-refractivity contribution in [3.05, 3.63) is 65.7 Å². The van der Waals surface area contributed by atoms with Crippen LogP contribution in [0.5, 0.6) is 11.5 Å². The van der Waals surface area contributed by atoms with Crippen LogP contribution in [0.2, 0.25) is 0 Å². The van der Waals surface area contributed by atoms with Crippen molar-refractivity contribution in [3.8, 4) is 11.5 Å². The minimum atomic E-state index is -0.640. The summed E-state index contributed by atoms with van der Waals surface area (Å²) in [5.41, 5.74) is 0.891. The molecule has 4 rings (SSSR count). The average Bonchev–Trinajstić information content (AvgIpc) is 2.80. The molecule has 0 radical (unpaired) electrons. The van der Waals surface area contributed by atoms with E-state index in [-0.39, 0.29) is 17.9 Å². The van der Waals surface area contributed by atoms with Crippen molar-refractivity contribution in [2.75, 3.05) is 42.5 Å². The number of methoxy groups -OCH3 is 2. The number of nitrogens with zero attached hydrogens (tertiary/aromatic N) is 3. The third-order valence-electron chi connectivity index (χ3n) is 4.97. The standard InChI is InChI=1S/C22H22F2N4O2S/c1-25-22-19(30-3)8-9-21(26-22)28-13-27(18-6-4-5-7-20(18)31-28)12-15-16(23)10-14(29-2)11-17(15)24/h4-11H,12-13H2,1-3H3,(H,25,26). The number of aromatic nitrogens is 1. The first-order chi connectivity index (χ1) is 15.0. The van der Waals surface area contributed by atoms with Crippen molar-refractivity contribution >= 4 is 29.3 Å². The Bertz CT molecular complexity index is 1080. The van der Waals surface area contributed by atoms with Gasteiger partial charge in [0.25, 0.3) is 0 Å². The molecule has 0 atom stereocenters. The second-order valence-corrected chi connectivity index (χ2v) is 7.88. The molecule has 0 bridgehead atoms. The molecule has 0 amide bonds. The third kappa shape index (κ3) is 4.18. The molecule has 3 aromatic rings. The summed E-state index contributed by atoms with van der Waals surface area (Å²) in [6.07, 6.45) is 0. The Morgan fingerprint density at radius 3 is 2.48 bits per heavy atom. The first-order valence-corrected chi connectivity index (χ1v) is 10.4. The molecule has 0 aliphatic carbocycles. The van der Waals surface area contributed by atoms with Gasteiger partial charge >= 0.3 is 0 Å². The molecule has 1 aromatic heterocycles. The van der Waals surface area contributed by atoms with E-state index in [1.165, 1.54) is 31.2 Å². The van der Waals surface area contributed by atoms with Crippen LogP contribution >= 0.6 is 11.9 Å². The molecule has 1 aliphatic heterocycles. The molecular formula is C22H22F2N4O2S. The Balaban J connectivity index is 1.69. The quantitative estimate of drug-likeness (QED) is 0.542. The van der Waals surface area contributed by atoms with Crippen molar-refractivity contribution in [2.24, 2.45) is 0 Å². The smallest absolute Gasteiger partial charge is 0.170 e. The van der Waals surface area contributed by atoms with Crippen LogP contribution in [0.15, 0.2) is 53.4 Å². The van der Waals surface area contributed by atoms with Crippen LogP contribution in [0.25, 0.3) is 0 Å². The molecule has 9 heteroatoms. The van der Waals surface area contributed by atoms with Crippen LogP contribution < -0.4 is 24.0 Å². The molecule has 0 unspecified atom stereocenters. The van der Waals surface area contributed by atoms with Crippen LogP contribution in [0, 0.1) is 11.6 Å². The number of halogens is 2. The summed E-state index contributed by atoms with van der Waals surface area (Å²) < 4.78 is 41.5. The van der Waals surface area contributed by atoms with E-state index in [1.54, 1.807) is 14.2 Å². The van der Waals surface area contributed by atoms with Gasteiger partial charge in [-0.3, -0.25) is 4.31 Å². The lowest BCUT2D eigenvalue weighted by molar-refractivity contribution is 0.405. The number of anilines is 3. The van der Waals surface area contributed by atoms with E-state index in [1.807, 2.05) is 45.6 Å². The number of hydrogen-bond donors (Lipinski definition) is 1. The summed E-state index contributed by atoms with van der Waals surface area (Å²) >= 11 is 1.52. The molecule has 0 saturated carbocycles. The molecule has 2 aromatic carbocycles. The predicted molar refractivity (Wildman–Crippen MR) is 119 cm³/mol. The van der Waals surface area contributed by atoms with E-state index < -0.39 is 11.6 Å². The number of rotatable bonds is 6. The lowest BCUT2D eigenvalue weighted by atomic mass is 10.1. The number of para-hydroxylation sites is 1. The van der Waals surface area contributed by atoms with Crippen molar-refractivity contribution in [1.82, 2.24) is 4.98 Å². The maximum atomic E-state index is 14.6. The zero-order valence-electron chi connectivity index (χ0n) is 17.4. The molecule has 2 heterocycles. The minimum absolute atomic E-state index is 0.0129. The fraction of sp³-hybridized carbons (Fsp3) is 0.227. The summed E-state index contributed by atoms with van der Waals surface area (Å²) in [4.78, 5) is 7.52. The van der Waals surface area contributed by atoms with Crippen LogP contribution in [-0.2, 0) is 6.54 Å². The van der Waals surface area contributed by atoms with E-state index in [2.05, 4.69) is 10.3 Å². The highest BCUT2D eigenvalue weighted by molar-refractivity contribution is 8.00. The maximum absolute atomic E-state index is 14.6. The first-order valence-electron chi connectivity index (χ1n) is 9.58. The number of ether oxygens (including phenoxy) is 2. The van der Waals surface area contributed by atoms with Gasteiger partial charge in [0.15, 0.2) is 11.6 Å². The summed E-state index contributed by atoms with van der Waals surface area (Å²) in [6.45, 7) is 0.444. The van der Waals surface area contributed by atoms with Gasteiger partial charge in [-0.25, -0.2) is 13.8 Å². The second-order valence-electron chi connectivity index (χ2n) is 6.82. The Morgan fingerprint density at radius 2 is 1.81 bits per heavy atom. The van der Waals surface area contributed by atoms with E-state index >= 15 is 0 Å². The van der Waals surface area contributed by atoms with Crippen LogP contribution in [0.4, 0.5) is 26.1 Å². The summed E-state index contributed by atoms with van der Waals surface area (Å²) in [5.74, 6) is 0.812. The van der Waals surface area contributed by atoms with Gasteiger partial charge in [-0.2, -0.15) is 0 Å². The molecule has 162 valence electrons. The molecule has 6 nitrogen and oxygen atoms in total. The van der Waals surface area contributed by atoms with E-state index in [4.69, 9.17) is 9.47 Å². The summed E-state index contributed by atoms with van der Waals surface area (Å²) in [5, 5.41) is 3.03. The zero-order chi connectivity index (χ0) is 22.0. The predicted octanol–water partition coefficient (Wildman–Crippen LogP) is 4.91. The molecule has 31 heavy (non-hydrogen) atoms. The van der Waals surface area contributed by atoms with Crippen molar-refractivity contribution < 1.29 is 18.3 Å². The average molecular weight is 445 g/mol. The van der Waals surface area contributed by atoms with Gasteiger partial charge in [0.2, 0.25) is 0 Å². The molecule has 0 saturated heterocycles. The van der Waals surface area contributed by atoms with Gasteiger partial charge in [-0.1, -0.05) is 12.1 Å².